The molecule has 2 N–H and O–H groups in total. The van der Waals surface area contributed by atoms with Gasteiger partial charge in [0.15, 0.2) is 11.6 Å². The number of carbonyl (C=O) groups is 2. The van der Waals surface area contributed by atoms with Gasteiger partial charge in [0.05, 0.1) is 5.92 Å². The second-order valence-corrected chi connectivity index (χ2v) is 6.55. The fraction of sp³-hybridized carbons (Fsp3) is 0.235. The molecule has 1 aromatic heterocycles. The number of nitrogens with one attached hydrogen (secondary N) is 1. The summed E-state index contributed by atoms with van der Waals surface area (Å²) in [5, 5.41) is 12.3. The highest BCUT2D eigenvalue weighted by atomic mass is 79.9. The van der Waals surface area contributed by atoms with E-state index in [0.29, 0.717) is 6.54 Å². The Morgan fingerprint density at radius 3 is 2.92 bits per heavy atom. The molecule has 3 rings (SSSR count). The third-order valence-corrected chi connectivity index (χ3v) is 4.87. The zero-order chi connectivity index (χ0) is 17.3. The maximum absolute atomic E-state index is 12.4. The molecule has 24 heavy (non-hydrogen) atoms. The Hall–Kier alpha value is -2.41. The average Bonchev–Trinajstić information content (AvgIpc) is 2.94. The number of pyridine rings is 1. The van der Waals surface area contributed by atoms with Crippen LogP contribution >= 0.6 is 15.9 Å². The van der Waals surface area contributed by atoms with Gasteiger partial charge < -0.3 is 15.3 Å². The summed E-state index contributed by atoms with van der Waals surface area (Å²) in [7, 11) is 0. The van der Waals surface area contributed by atoms with Crippen molar-refractivity contribution in [2.45, 2.75) is 13.3 Å². The van der Waals surface area contributed by atoms with E-state index in [0.717, 1.165) is 15.7 Å². The number of hydrogen-bond donors (Lipinski definition) is 2. The molecule has 0 saturated carbocycles. The molecule has 2 amide bonds. The third-order valence-electron chi connectivity index (χ3n) is 3.98. The molecule has 2 aromatic rings. The molecule has 0 unspecified atom stereocenters. The lowest BCUT2D eigenvalue weighted by Crippen LogP contribution is -2.28. The van der Waals surface area contributed by atoms with Gasteiger partial charge in [-0.25, -0.2) is 4.98 Å². The second kappa shape index (κ2) is 6.60. The first-order valence-corrected chi connectivity index (χ1v) is 8.26. The molecule has 0 bridgehead atoms. The van der Waals surface area contributed by atoms with Gasteiger partial charge in [0.25, 0.3) is 0 Å². The highest BCUT2D eigenvalue weighted by Gasteiger charge is 2.35. The molecule has 1 aliphatic rings. The molecule has 1 aliphatic heterocycles. The van der Waals surface area contributed by atoms with Crippen LogP contribution in [-0.2, 0) is 9.59 Å². The van der Waals surface area contributed by atoms with Crippen molar-refractivity contribution in [2.75, 3.05) is 16.8 Å². The Balaban J connectivity index is 1.73. The van der Waals surface area contributed by atoms with Crippen LogP contribution in [0.1, 0.15) is 12.0 Å². The standard InChI is InChI=1S/C17H16BrN3O3/c1-10-7-12(4-5-13(10)18)21-9-11(8-15(21)23)17(24)20-16-14(22)3-2-6-19-16/h2-7,11,22H,8-9H2,1H3,(H,19,20,24)/t11-/m1/s1. The van der Waals surface area contributed by atoms with Crippen LogP contribution in [0.25, 0.3) is 0 Å². The number of benzene rings is 1. The van der Waals surface area contributed by atoms with Crippen molar-refractivity contribution in [2.24, 2.45) is 5.92 Å². The Bertz CT molecular complexity index is 809. The third kappa shape index (κ3) is 3.26. The van der Waals surface area contributed by atoms with Crippen LogP contribution in [0.3, 0.4) is 0 Å². The van der Waals surface area contributed by atoms with Gasteiger partial charge in [0, 0.05) is 29.3 Å². The van der Waals surface area contributed by atoms with E-state index in [1.807, 2.05) is 25.1 Å². The molecule has 7 heteroatoms. The summed E-state index contributed by atoms with van der Waals surface area (Å²) in [5.74, 6) is -0.901. The molecule has 1 aromatic carbocycles. The minimum Gasteiger partial charge on any atom is -0.504 e. The number of nitrogens with zero attached hydrogens (tertiary/aromatic N) is 2. The zero-order valence-corrected chi connectivity index (χ0v) is 14.6. The molecular weight excluding hydrogens is 374 g/mol. The summed E-state index contributed by atoms with van der Waals surface area (Å²) < 4.78 is 0.970. The van der Waals surface area contributed by atoms with Gasteiger partial charge in [-0.05, 0) is 42.8 Å². The summed E-state index contributed by atoms with van der Waals surface area (Å²) in [6.07, 6.45) is 1.61. The van der Waals surface area contributed by atoms with Crippen LogP contribution < -0.4 is 10.2 Å². The quantitative estimate of drug-likeness (QED) is 0.845. The van der Waals surface area contributed by atoms with Gasteiger partial charge in [-0.15, -0.1) is 0 Å². The first kappa shape index (κ1) is 16.4. The van der Waals surface area contributed by atoms with Crippen molar-refractivity contribution >= 4 is 39.2 Å². The number of aromatic nitrogens is 1. The molecule has 0 radical (unpaired) electrons. The van der Waals surface area contributed by atoms with Crippen molar-refractivity contribution in [3.63, 3.8) is 0 Å². The lowest BCUT2D eigenvalue weighted by Gasteiger charge is -2.17. The fourth-order valence-electron chi connectivity index (χ4n) is 2.64. The van der Waals surface area contributed by atoms with E-state index in [9.17, 15) is 14.7 Å². The number of anilines is 2. The first-order valence-electron chi connectivity index (χ1n) is 7.47. The number of amides is 2. The van der Waals surface area contributed by atoms with Crippen LogP contribution in [0.15, 0.2) is 41.0 Å². The summed E-state index contributed by atoms with van der Waals surface area (Å²) in [5.41, 5.74) is 1.79. The van der Waals surface area contributed by atoms with E-state index >= 15 is 0 Å². The SMILES string of the molecule is Cc1cc(N2C[C@H](C(=O)Nc3ncccc3O)CC2=O)ccc1Br. The monoisotopic (exact) mass is 389 g/mol. The maximum Gasteiger partial charge on any atom is 0.231 e. The second-order valence-electron chi connectivity index (χ2n) is 5.70. The van der Waals surface area contributed by atoms with Gasteiger partial charge >= 0.3 is 0 Å². The number of aryl methyl sites for hydroxylation is 1. The fourth-order valence-corrected chi connectivity index (χ4v) is 2.89. The number of hydrogen-bond acceptors (Lipinski definition) is 4. The Labute approximate surface area is 147 Å². The first-order chi connectivity index (χ1) is 11.5. The van der Waals surface area contributed by atoms with Crippen LogP contribution in [0.4, 0.5) is 11.5 Å². The van der Waals surface area contributed by atoms with Crippen LogP contribution in [0.5, 0.6) is 5.75 Å². The van der Waals surface area contributed by atoms with E-state index in [2.05, 4.69) is 26.2 Å². The molecular formula is C17H16BrN3O3. The minimum absolute atomic E-state index is 0.0953. The zero-order valence-electron chi connectivity index (χ0n) is 13.0. The minimum atomic E-state index is -0.483. The lowest BCUT2D eigenvalue weighted by atomic mass is 10.1. The predicted octanol–water partition coefficient (Wildman–Crippen LogP) is 2.85. The number of carbonyl (C=O) groups excluding carboxylic acids is 2. The highest BCUT2D eigenvalue weighted by molar-refractivity contribution is 9.10. The van der Waals surface area contributed by atoms with E-state index in [1.165, 1.54) is 12.3 Å². The lowest BCUT2D eigenvalue weighted by molar-refractivity contribution is -0.122. The number of aromatic hydroxyl groups is 1. The van der Waals surface area contributed by atoms with Crippen LogP contribution in [0.2, 0.25) is 0 Å². The van der Waals surface area contributed by atoms with E-state index in [-0.39, 0.29) is 29.8 Å². The topological polar surface area (TPSA) is 82.5 Å². The molecule has 0 aliphatic carbocycles. The van der Waals surface area contributed by atoms with Crippen LogP contribution in [0, 0.1) is 12.8 Å². The molecule has 6 nitrogen and oxygen atoms in total. The van der Waals surface area contributed by atoms with Crippen molar-refractivity contribution in [3.8, 4) is 5.75 Å². The molecule has 0 spiro atoms. The summed E-state index contributed by atoms with van der Waals surface area (Å²) in [4.78, 5) is 30.2. The maximum atomic E-state index is 12.4. The van der Waals surface area contributed by atoms with Gasteiger partial charge in [0.1, 0.15) is 0 Å². The number of rotatable bonds is 3. The Morgan fingerprint density at radius 1 is 1.42 bits per heavy atom. The van der Waals surface area contributed by atoms with Crippen LogP contribution in [-0.4, -0.2) is 28.4 Å². The average molecular weight is 390 g/mol. The van der Waals surface area contributed by atoms with Crippen molar-refractivity contribution in [3.05, 3.63) is 46.6 Å². The molecule has 124 valence electrons. The molecule has 1 atom stereocenters. The smallest absolute Gasteiger partial charge is 0.231 e. The number of halogens is 1. The van der Waals surface area contributed by atoms with Crippen molar-refractivity contribution in [1.82, 2.24) is 4.98 Å². The van der Waals surface area contributed by atoms with E-state index < -0.39 is 5.92 Å². The molecule has 1 fully saturated rings. The van der Waals surface area contributed by atoms with Crippen molar-refractivity contribution in [1.29, 1.82) is 0 Å². The van der Waals surface area contributed by atoms with Gasteiger partial charge in [-0.3, -0.25) is 9.59 Å². The van der Waals surface area contributed by atoms with Gasteiger partial charge in [-0.1, -0.05) is 15.9 Å². The summed E-state index contributed by atoms with van der Waals surface area (Å²) in [6, 6.07) is 8.66. The van der Waals surface area contributed by atoms with E-state index in [4.69, 9.17) is 0 Å². The van der Waals surface area contributed by atoms with Crippen molar-refractivity contribution < 1.29 is 14.7 Å². The Morgan fingerprint density at radius 2 is 2.21 bits per heavy atom. The Kier molecular flexibility index (Phi) is 4.53. The normalized spacial score (nSPS) is 17.2. The molecule has 2 heterocycles. The predicted molar refractivity (Wildman–Crippen MR) is 93.9 cm³/mol. The van der Waals surface area contributed by atoms with Gasteiger partial charge in [-0.2, -0.15) is 0 Å². The van der Waals surface area contributed by atoms with Gasteiger partial charge in [0.2, 0.25) is 11.8 Å². The highest BCUT2D eigenvalue weighted by Crippen LogP contribution is 2.29. The summed E-state index contributed by atoms with van der Waals surface area (Å²) >= 11 is 3.43. The van der Waals surface area contributed by atoms with E-state index in [1.54, 1.807) is 11.0 Å². The summed E-state index contributed by atoms with van der Waals surface area (Å²) in [6.45, 7) is 2.25. The molecule has 1 saturated heterocycles. The largest absolute Gasteiger partial charge is 0.504 e.